The minimum atomic E-state index is -0.478. The lowest BCUT2D eigenvalue weighted by molar-refractivity contribution is -0.146. The van der Waals surface area contributed by atoms with Crippen LogP contribution >= 0.6 is 0 Å². The van der Waals surface area contributed by atoms with Crippen molar-refractivity contribution in [3.8, 4) is 0 Å². The predicted octanol–water partition coefficient (Wildman–Crippen LogP) is 4.13. The molecule has 0 aliphatic carbocycles. The van der Waals surface area contributed by atoms with Gasteiger partial charge in [0.1, 0.15) is 0 Å². The van der Waals surface area contributed by atoms with Crippen molar-refractivity contribution in [1.29, 1.82) is 0 Å². The summed E-state index contributed by atoms with van der Waals surface area (Å²) in [4.78, 5) is 36.1. The molecule has 0 fully saturated rings. The first-order chi connectivity index (χ1) is 14.4. The second-order valence-electron chi connectivity index (χ2n) is 7.06. The molecule has 0 spiro atoms. The number of esters is 2. The van der Waals surface area contributed by atoms with Crippen LogP contribution in [0.3, 0.4) is 0 Å². The summed E-state index contributed by atoms with van der Waals surface area (Å²) in [6.45, 7) is 3.16. The Hall–Kier alpha value is -3.67. The van der Waals surface area contributed by atoms with Crippen molar-refractivity contribution in [2.75, 3.05) is 11.9 Å². The summed E-state index contributed by atoms with van der Waals surface area (Å²) in [5.41, 5.74) is 1.73. The van der Waals surface area contributed by atoms with E-state index in [0.717, 1.165) is 16.3 Å². The molecule has 6 nitrogen and oxygen atoms in total. The van der Waals surface area contributed by atoms with Crippen LogP contribution < -0.4 is 5.32 Å². The highest BCUT2D eigenvalue weighted by atomic mass is 16.5. The third-order valence-corrected chi connectivity index (χ3v) is 4.33. The van der Waals surface area contributed by atoms with Crippen molar-refractivity contribution in [3.05, 3.63) is 77.9 Å². The molecule has 30 heavy (non-hydrogen) atoms. The van der Waals surface area contributed by atoms with Crippen molar-refractivity contribution in [2.24, 2.45) is 0 Å². The Morgan fingerprint density at radius 1 is 0.900 bits per heavy atom. The van der Waals surface area contributed by atoms with E-state index in [9.17, 15) is 14.4 Å². The lowest BCUT2D eigenvalue weighted by Crippen LogP contribution is -2.21. The van der Waals surface area contributed by atoms with Gasteiger partial charge >= 0.3 is 11.9 Å². The second kappa shape index (κ2) is 9.69. The van der Waals surface area contributed by atoms with Crippen LogP contribution in [0.1, 0.15) is 29.8 Å². The Labute approximate surface area is 174 Å². The van der Waals surface area contributed by atoms with Crippen LogP contribution in [-0.4, -0.2) is 30.6 Å². The van der Waals surface area contributed by atoms with Gasteiger partial charge in [0.2, 0.25) is 0 Å². The zero-order chi connectivity index (χ0) is 21.5. The normalized spacial score (nSPS) is 10.6. The van der Waals surface area contributed by atoms with Gasteiger partial charge in [-0.2, -0.15) is 0 Å². The van der Waals surface area contributed by atoms with E-state index < -0.39 is 17.8 Å². The summed E-state index contributed by atoms with van der Waals surface area (Å²) in [6, 6.07) is 19.8. The van der Waals surface area contributed by atoms with Gasteiger partial charge in [-0.25, -0.2) is 4.79 Å². The van der Waals surface area contributed by atoms with Crippen molar-refractivity contribution in [2.45, 2.75) is 26.4 Å². The molecule has 1 amide bonds. The summed E-state index contributed by atoms with van der Waals surface area (Å²) in [5, 5.41) is 4.66. The highest BCUT2D eigenvalue weighted by Gasteiger charge is 2.12. The van der Waals surface area contributed by atoms with E-state index in [1.54, 1.807) is 38.1 Å². The van der Waals surface area contributed by atoms with Gasteiger partial charge in [0, 0.05) is 5.69 Å². The number of nitrogens with one attached hydrogen (secondary N) is 1. The molecule has 154 valence electrons. The zero-order valence-electron chi connectivity index (χ0n) is 16.9. The topological polar surface area (TPSA) is 81.7 Å². The first kappa shape index (κ1) is 21.0. The standard InChI is InChI=1S/C24H23NO5/c1-16(2)30-24(28)18-10-12-20(13-11-18)25-22(26)15-29-23(27)14-19-8-5-7-17-6-3-4-9-21(17)19/h3-13,16H,14-15H2,1-2H3,(H,25,26). The quantitative estimate of drug-likeness (QED) is 0.598. The number of hydrogen-bond donors (Lipinski definition) is 1. The lowest BCUT2D eigenvalue weighted by atomic mass is 10.0. The van der Waals surface area contributed by atoms with Gasteiger partial charge in [0.05, 0.1) is 18.1 Å². The molecule has 3 aromatic carbocycles. The molecule has 0 aromatic heterocycles. The summed E-state index contributed by atoms with van der Waals surface area (Å²) in [5.74, 6) is -1.36. The molecule has 1 N–H and O–H groups in total. The lowest BCUT2D eigenvalue weighted by Gasteiger charge is -2.10. The number of anilines is 1. The number of fused-ring (bicyclic) bond motifs is 1. The van der Waals surface area contributed by atoms with Crippen LogP contribution in [0.5, 0.6) is 0 Å². The van der Waals surface area contributed by atoms with E-state index in [-0.39, 0.29) is 19.1 Å². The van der Waals surface area contributed by atoms with Gasteiger partial charge < -0.3 is 14.8 Å². The van der Waals surface area contributed by atoms with E-state index >= 15 is 0 Å². The molecule has 0 saturated carbocycles. The smallest absolute Gasteiger partial charge is 0.338 e. The van der Waals surface area contributed by atoms with Crippen LogP contribution in [0, 0.1) is 0 Å². The summed E-state index contributed by atoms with van der Waals surface area (Å²) >= 11 is 0. The van der Waals surface area contributed by atoms with Crippen molar-refractivity contribution in [1.82, 2.24) is 0 Å². The Morgan fingerprint density at radius 3 is 2.33 bits per heavy atom. The van der Waals surface area contributed by atoms with Crippen molar-refractivity contribution >= 4 is 34.3 Å². The monoisotopic (exact) mass is 405 g/mol. The first-order valence-electron chi connectivity index (χ1n) is 9.65. The maximum absolute atomic E-state index is 12.2. The Bertz CT molecular complexity index is 1050. The number of ether oxygens (including phenoxy) is 2. The molecular weight excluding hydrogens is 382 g/mol. The molecule has 3 rings (SSSR count). The second-order valence-corrected chi connectivity index (χ2v) is 7.06. The summed E-state index contributed by atoms with van der Waals surface area (Å²) in [7, 11) is 0. The molecule has 0 aliphatic rings. The third-order valence-electron chi connectivity index (χ3n) is 4.33. The van der Waals surface area contributed by atoms with Crippen molar-refractivity contribution < 1.29 is 23.9 Å². The predicted molar refractivity (Wildman–Crippen MR) is 114 cm³/mol. The molecule has 3 aromatic rings. The number of benzene rings is 3. The number of hydrogen-bond acceptors (Lipinski definition) is 5. The van der Waals surface area contributed by atoms with Crippen LogP contribution in [0.15, 0.2) is 66.7 Å². The van der Waals surface area contributed by atoms with E-state index in [2.05, 4.69) is 5.32 Å². The number of rotatable bonds is 7. The molecule has 0 bridgehead atoms. The minimum Gasteiger partial charge on any atom is -0.459 e. The summed E-state index contributed by atoms with van der Waals surface area (Å²) in [6.07, 6.45) is -0.123. The van der Waals surface area contributed by atoms with Gasteiger partial charge in [0.25, 0.3) is 5.91 Å². The van der Waals surface area contributed by atoms with E-state index in [1.165, 1.54) is 0 Å². The molecular formula is C24H23NO5. The minimum absolute atomic E-state index is 0.0846. The fraction of sp³-hybridized carbons (Fsp3) is 0.208. The third kappa shape index (κ3) is 5.67. The number of carbonyl (C=O) groups excluding carboxylic acids is 3. The SMILES string of the molecule is CC(C)OC(=O)c1ccc(NC(=O)COC(=O)Cc2cccc3ccccc23)cc1. The maximum Gasteiger partial charge on any atom is 0.338 e. The van der Waals surface area contributed by atoms with Crippen LogP contribution in [-0.2, 0) is 25.5 Å². The fourth-order valence-corrected chi connectivity index (χ4v) is 2.97. The Kier molecular flexibility index (Phi) is 6.80. The Balaban J connectivity index is 1.50. The van der Waals surface area contributed by atoms with Crippen LogP contribution in [0.4, 0.5) is 5.69 Å². The molecule has 0 saturated heterocycles. The highest BCUT2D eigenvalue weighted by molar-refractivity contribution is 5.95. The summed E-state index contributed by atoms with van der Waals surface area (Å²) < 4.78 is 10.2. The van der Waals surface area contributed by atoms with Gasteiger partial charge in [0.15, 0.2) is 6.61 Å². The van der Waals surface area contributed by atoms with Crippen LogP contribution in [0.2, 0.25) is 0 Å². The van der Waals surface area contributed by atoms with E-state index in [4.69, 9.17) is 9.47 Å². The first-order valence-corrected chi connectivity index (χ1v) is 9.65. The molecule has 0 atom stereocenters. The average molecular weight is 405 g/mol. The van der Waals surface area contributed by atoms with Gasteiger partial charge in [-0.1, -0.05) is 42.5 Å². The zero-order valence-corrected chi connectivity index (χ0v) is 16.9. The number of amides is 1. The highest BCUT2D eigenvalue weighted by Crippen LogP contribution is 2.19. The largest absolute Gasteiger partial charge is 0.459 e. The van der Waals surface area contributed by atoms with E-state index in [1.807, 2.05) is 42.5 Å². The average Bonchev–Trinajstić information content (AvgIpc) is 2.72. The van der Waals surface area contributed by atoms with Gasteiger partial charge in [-0.05, 0) is 54.4 Å². The maximum atomic E-state index is 12.2. The van der Waals surface area contributed by atoms with Crippen molar-refractivity contribution in [3.63, 3.8) is 0 Å². The molecule has 0 heterocycles. The molecule has 0 aliphatic heterocycles. The molecule has 0 unspecified atom stereocenters. The molecule has 6 heteroatoms. The van der Waals surface area contributed by atoms with Gasteiger partial charge in [-0.15, -0.1) is 0 Å². The Morgan fingerprint density at radius 2 is 1.60 bits per heavy atom. The van der Waals surface area contributed by atoms with E-state index in [0.29, 0.717) is 11.3 Å². The number of carbonyl (C=O) groups is 3. The fourth-order valence-electron chi connectivity index (χ4n) is 2.97. The molecule has 0 radical (unpaired) electrons. The van der Waals surface area contributed by atoms with Crippen LogP contribution in [0.25, 0.3) is 10.8 Å². The van der Waals surface area contributed by atoms with Gasteiger partial charge in [-0.3, -0.25) is 9.59 Å².